The van der Waals surface area contributed by atoms with Crippen LogP contribution in [0.3, 0.4) is 0 Å². The molecule has 2 saturated heterocycles. The van der Waals surface area contributed by atoms with Gasteiger partial charge in [0.15, 0.2) is 18.2 Å². The lowest BCUT2D eigenvalue weighted by Gasteiger charge is -2.49. The van der Waals surface area contributed by atoms with Crippen molar-refractivity contribution >= 4 is 12.1 Å². The number of rotatable bonds is 10. The van der Waals surface area contributed by atoms with Gasteiger partial charge in [0, 0.05) is 50.0 Å². The van der Waals surface area contributed by atoms with E-state index in [0.29, 0.717) is 12.0 Å². The minimum atomic E-state index is -1.97. The first-order valence-electron chi connectivity index (χ1n) is 20.7. The van der Waals surface area contributed by atoms with Crippen LogP contribution in [-0.2, 0) is 38.0 Å². The van der Waals surface area contributed by atoms with Crippen molar-refractivity contribution in [1.29, 1.82) is 0 Å². The molecule has 3 rings (SSSR count). The van der Waals surface area contributed by atoms with Crippen LogP contribution in [0.2, 0.25) is 0 Å². The Labute approximate surface area is 349 Å². The molecule has 0 bridgehead atoms. The first-order chi connectivity index (χ1) is 27.7. The van der Waals surface area contributed by atoms with Crippen LogP contribution in [-0.4, -0.2) is 125 Å². The minimum absolute atomic E-state index is 0.0306. The number of primary amides is 1. The van der Waals surface area contributed by atoms with E-state index < -0.39 is 97.0 Å². The largest absolute Gasteiger partial charge is 0.490 e. The topological polar surface area (TPSA) is 226 Å². The molecule has 0 spiro atoms. The van der Waals surface area contributed by atoms with Gasteiger partial charge >= 0.3 is 12.1 Å². The number of aliphatic hydroxyl groups is 5. The molecule has 1 amide bonds. The molecule has 59 heavy (non-hydrogen) atoms. The maximum absolute atomic E-state index is 13.8. The van der Waals surface area contributed by atoms with E-state index in [0.717, 1.165) is 5.57 Å². The van der Waals surface area contributed by atoms with Gasteiger partial charge in [0.25, 0.3) is 0 Å². The summed E-state index contributed by atoms with van der Waals surface area (Å²) in [5, 5.41) is 57.0. The van der Waals surface area contributed by atoms with Crippen molar-refractivity contribution < 1.29 is 68.3 Å². The summed E-state index contributed by atoms with van der Waals surface area (Å²) in [5.74, 6) is -5.57. The number of nitrogens with two attached hydrogens (primary N) is 1. The smallest absolute Gasteiger partial charge is 0.404 e. The second kappa shape index (κ2) is 22.6. The van der Waals surface area contributed by atoms with Crippen molar-refractivity contribution in [2.24, 2.45) is 35.3 Å². The van der Waals surface area contributed by atoms with E-state index in [1.165, 1.54) is 20.3 Å². The second-order valence-electron chi connectivity index (χ2n) is 16.8. The van der Waals surface area contributed by atoms with Crippen LogP contribution in [0.25, 0.3) is 0 Å². The highest BCUT2D eigenvalue weighted by atomic mass is 16.7. The number of allylic oxidation sites excluding steroid dienone is 6. The Morgan fingerprint density at radius 1 is 1.05 bits per heavy atom. The fourth-order valence-corrected chi connectivity index (χ4v) is 8.17. The summed E-state index contributed by atoms with van der Waals surface area (Å²) in [4.78, 5) is 25.2. The van der Waals surface area contributed by atoms with Crippen LogP contribution in [0.15, 0.2) is 59.4 Å². The van der Waals surface area contributed by atoms with E-state index in [1.54, 1.807) is 58.1 Å². The molecule has 0 aromatic carbocycles. The predicted octanol–water partition coefficient (Wildman–Crippen LogP) is 4.35. The number of carbonyl (C=O) groups is 2. The maximum atomic E-state index is 13.8. The lowest BCUT2D eigenvalue weighted by Crippen LogP contribution is -2.59. The van der Waals surface area contributed by atoms with E-state index in [2.05, 4.69) is 0 Å². The van der Waals surface area contributed by atoms with Gasteiger partial charge in [0.05, 0.1) is 49.8 Å². The van der Waals surface area contributed by atoms with Gasteiger partial charge in [-0.15, -0.1) is 0 Å². The molecule has 0 aromatic heterocycles. The SMILES string of the molecule is C/C=C/[C@H]1O[C@@](O)([C@@H](C)[C@H](O)[C@H](C)[C@H]2OC(=O)/C(OC)=C/C(C)=C/[C@@H](C)[C@@H](O)C[C@@H](O)[C@H](C)C/C(C)=C/C=C/[C@@H]2OC)C[C@@H](O[C@@H]2C[C@H](O)[C@@H](OC(N)=O)[C@H](C)O2)[C@@H]1C. The van der Waals surface area contributed by atoms with Crippen LogP contribution in [0, 0.1) is 29.6 Å². The van der Waals surface area contributed by atoms with E-state index >= 15 is 0 Å². The van der Waals surface area contributed by atoms with E-state index in [9.17, 15) is 35.1 Å². The van der Waals surface area contributed by atoms with Crippen molar-refractivity contribution in [3.8, 4) is 0 Å². The summed E-state index contributed by atoms with van der Waals surface area (Å²) < 4.78 is 41.2. The van der Waals surface area contributed by atoms with Gasteiger partial charge in [-0.05, 0) is 46.1 Å². The highest BCUT2D eigenvalue weighted by molar-refractivity contribution is 5.87. The molecule has 0 radical (unpaired) electrons. The zero-order valence-electron chi connectivity index (χ0n) is 36.6. The molecule has 15 nitrogen and oxygen atoms in total. The highest BCUT2D eigenvalue weighted by Gasteiger charge is 2.52. The number of amides is 1. The van der Waals surface area contributed by atoms with Crippen LogP contribution in [0.4, 0.5) is 4.79 Å². The summed E-state index contributed by atoms with van der Waals surface area (Å²) in [6, 6.07) is 0. The zero-order valence-corrected chi connectivity index (χ0v) is 36.6. The third-order valence-electron chi connectivity index (χ3n) is 12.0. The first-order valence-corrected chi connectivity index (χ1v) is 20.7. The quantitative estimate of drug-likeness (QED) is 0.133. The van der Waals surface area contributed by atoms with Crippen LogP contribution in [0.5, 0.6) is 0 Å². The van der Waals surface area contributed by atoms with Gasteiger partial charge < -0.3 is 64.4 Å². The van der Waals surface area contributed by atoms with Gasteiger partial charge in [-0.3, -0.25) is 0 Å². The second-order valence-corrected chi connectivity index (χ2v) is 16.8. The number of cyclic esters (lactones) is 1. The Morgan fingerprint density at radius 2 is 1.73 bits per heavy atom. The number of hydrogen-bond acceptors (Lipinski definition) is 14. The van der Waals surface area contributed by atoms with Gasteiger partial charge in [-0.25, -0.2) is 9.59 Å². The normalized spacial score (nSPS) is 41.9. The number of esters is 1. The number of hydrogen-bond donors (Lipinski definition) is 6. The van der Waals surface area contributed by atoms with Gasteiger partial charge in [0.2, 0.25) is 5.76 Å². The van der Waals surface area contributed by atoms with Gasteiger partial charge in [-0.2, -0.15) is 0 Å². The molecule has 0 aliphatic carbocycles. The molecule has 7 N–H and O–H groups in total. The van der Waals surface area contributed by atoms with Crippen molar-refractivity contribution in [2.45, 2.75) is 161 Å². The fourth-order valence-electron chi connectivity index (χ4n) is 8.17. The summed E-state index contributed by atoms with van der Waals surface area (Å²) in [5.41, 5.74) is 6.77. The third kappa shape index (κ3) is 13.7. The van der Waals surface area contributed by atoms with E-state index in [4.69, 9.17) is 38.9 Å². The zero-order chi connectivity index (χ0) is 44.4. The lowest BCUT2D eigenvalue weighted by molar-refractivity contribution is -0.338. The van der Waals surface area contributed by atoms with Crippen molar-refractivity contribution in [2.75, 3.05) is 14.2 Å². The van der Waals surface area contributed by atoms with Crippen molar-refractivity contribution in [1.82, 2.24) is 0 Å². The summed E-state index contributed by atoms with van der Waals surface area (Å²) in [6.45, 7) is 16.1. The Bertz CT molecular complexity index is 1520. The summed E-state index contributed by atoms with van der Waals surface area (Å²) >= 11 is 0. The highest BCUT2D eigenvalue weighted by Crippen LogP contribution is 2.42. The Kier molecular flexibility index (Phi) is 19.3. The molecule has 0 saturated carbocycles. The molecule has 15 heteroatoms. The van der Waals surface area contributed by atoms with E-state index in [-0.39, 0.29) is 42.8 Å². The van der Waals surface area contributed by atoms with Crippen molar-refractivity contribution in [3.05, 3.63) is 59.4 Å². The first kappa shape index (κ1) is 50.2. The molecule has 17 atom stereocenters. The fraction of sp³-hybridized carbons (Fsp3) is 0.727. The predicted molar refractivity (Wildman–Crippen MR) is 219 cm³/mol. The number of methoxy groups -OCH3 is 2. The van der Waals surface area contributed by atoms with Gasteiger partial charge in [-0.1, -0.05) is 82.2 Å². The van der Waals surface area contributed by atoms with Crippen molar-refractivity contribution in [3.63, 3.8) is 0 Å². The Balaban J connectivity index is 1.98. The standard InChI is InChI=1S/C44H71NO14/c1-12-14-34-27(6)37(56-38-21-33(48)41(30(9)55-38)58-43(45)51)22-44(52,59-34)29(8)39(49)28(7)40-35(53-10)16-13-15-23(2)17-25(4)31(46)20-32(47)26(5)18-24(3)19-36(54-11)42(50)57-40/h12-16,18-19,25-35,37-41,46-49,52H,17,20-22H2,1-11H3,(H2,45,51)/b14-12+,16-13+,23-15+,24-18+,36-19-/t25-,26-,27-,28+,29+,30+,31-,32+,33+,34-,35+,37-,38-,39-,40-,41+,44-/m1/s1. The average Bonchev–Trinajstić information content (AvgIpc) is 3.16. The minimum Gasteiger partial charge on any atom is -0.490 e. The number of aliphatic hydroxyl groups excluding tert-OH is 4. The molecule has 3 heterocycles. The Hall–Kier alpha value is -3.12. The average molecular weight is 838 g/mol. The Morgan fingerprint density at radius 3 is 2.32 bits per heavy atom. The summed E-state index contributed by atoms with van der Waals surface area (Å²) in [7, 11) is 2.80. The van der Waals surface area contributed by atoms with Crippen LogP contribution < -0.4 is 5.73 Å². The molecule has 2 fully saturated rings. The molecule has 3 aliphatic heterocycles. The van der Waals surface area contributed by atoms with Gasteiger partial charge in [0.1, 0.15) is 12.2 Å². The molecular weight excluding hydrogens is 766 g/mol. The molecule has 0 aromatic rings. The summed E-state index contributed by atoms with van der Waals surface area (Å²) in [6.07, 6.45) is 1.79. The number of carbonyl (C=O) groups excluding carboxylic acids is 2. The molecule has 336 valence electrons. The third-order valence-corrected chi connectivity index (χ3v) is 12.0. The monoisotopic (exact) mass is 837 g/mol. The van der Waals surface area contributed by atoms with E-state index in [1.807, 2.05) is 40.7 Å². The van der Waals surface area contributed by atoms with Crippen LogP contribution >= 0.6 is 0 Å². The molecule has 3 aliphatic rings. The maximum Gasteiger partial charge on any atom is 0.404 e. The lowest BCUT2D eigenvalue weighted by atomic mass is 9.77. The molecular formula is C44H71NO14. The number of ether oxygens (including phenoxy) is 7. The molecule has 0 unspecified atom stereocenters. The van der Waals surface area contributed by atoms with Crippen LogP contribution in [0.1, 0.15) is 88.0 Å².